The van der Waals surface area contributed by atoms with Gasteiger partial charge in [-0.3, -0.25) is 4.79 Å². The molecule has 0 saturated heterocycles. The van der Waals surface area contributed by atoms with E-state index in [1.165, 1.54) is 6.92 Å². The number of carboxylic acid groups (broad SMARTS) is 1. The Hall–Kier alpha value is -1.79. The number of carbonyl (C=O) groups is 3. The average molecular weight is 259 g/mol. The van der Waals surface area contributed by atoms with Crippen LogP contribution in [0.2, 0.25) is 0 Å². The molecular weight excluding hydrogens is 242 g/mol. The van der Waals surface area contributed by atoms with Crippen molar-refractivity contribution in [1.82, 2.24) is 5.32 Å². The molecule has 0 bridgehead atoms. The minimum absolute atomic E-state index is 0.326. The van der Waals surface area contributed by atoms with Gasteiger partial charge in [-0.25, -0.2) is 9.59 Å². The largest absolute Gasteiger partial charge is 0.480 e. The van der Waals surface area contributed by atoms with Crippen LogP contribution in [-0.2, 0) is 19.1 Å². The van der Waals surface area contributed by atoms with Crippen LogP contribution in [0.3, 0.4) is 0 Å². The lowest BCUT2D eigenvalue weighted by Crippen LogP contribution is -2.44. The van der Waals surface area contributed by atoms with Crippen molar-refractivity contribution in [2.45, 2.75) is 45.4 Å². The van der Waals surface area contributed by atoms with Crippen molar-refractivity contribution < 1.29 is 29.0 Å². The molecule has 1 aliphatic carbocycles. The highest BCUT2D eigenvalue weighted by Crippen LogP contribution is 2.35. The maximum absolute atomic E-state index is 11.4. The van der Waals surface area contributed by atoms with Gasteiger partial charge >= 0.3 is 18.0 Å². The van der Waals surface area contributed by atoms with Gasteiger partial charge in [0.2, 0.25) is 6.29 Å². The number of amides is 1. The van der Waals surface area contributed by atoms with Gasteiger partial charge < -0.3 is 19.9 Å². The Morgan fingerprint density at radius 1 is 1.17 bits per heavy atom. The highest BCUT2D eigenvalue weighted by molar-refractivity contribution is 5.87. The monoisotopic (exact) mass is 259 g/mol. The van der Waals surface area contributed by atoms with Crippen LogP contribution in [0.25, 0.3) is 0 Å². The molecule has 0 aliphatic heterocycles. The number of aliphatic carboxylic acids is 1. The normalized spacial score (nSPS) is 17.8. The van der Waals surface area contributed by atoms with E-state index in [9.17, 15) is 14.4 Å². The van der Waals surface area contributed by atoms with E-state index in [2.05, 4.69) is 5.32 Å². The number of hydrogen-bond acceptors (Lipinski definition) is 5. The van der Waals surface area contributed by atoms with Crippen molar-refractivity contribution in [3.63, 3.8) is 0 Å². The first kappa shape index (κ1) is 14.3. The molecule has 7 nitrogen and oxygen atoms in total. The Kier molecular flexibility index (Phi) is 4.15. The van der Waals surface area contributed by atoms with E-state index in [4.69, 9.17) is 14.6 Å². The van der Waals surface area contributed by atoms with Gasteiger partial charge in [-0.05, 0) is 12.8 Å². The standard InChI is InChI=1S/C11H17NO6/c1-6(2)8(13)17-7(3)18-10(16)12-11(4-5-11)9(14)15/h6-7H,4-5H2,1-3H3,(H,12,16)(H,14,15). The predicted molar refractivity (Wildman–Crippen MR) is 59.6 cm³/mol. The van der Waals surface area contributed by atoms with Gasteiger partial charge in [0.05, 0.1) is 5.92 Å². The molecule has 1 atom stereocenters. The zero-order chi connectivity index (χ0) is 13.9. The van der Waals surface area contributed by atoms with Gasteiger partial charge in [-0.2, -0.15) is 0 Å². The average Bonchev–Trinajstić information content (AvgIpc) is 2.97. The first-order chi connectivity index (χ1) is 8.27. The molecule has 0 spiro atoms. The minimum atomic E-state index is -1.21. The highest BCUT2D eigenvalue weighted by Gasteiger charge is 2.52. The van der Waals surface area contributed by atoms with Gasteiger partial charge in [0.15, 0.2) is 0 Å². The molecule has 0 aromatic heterocycles. The van der Waals surface area contributed by atoms with Gasteiger partial charge in [-0.1, -0.05) is 13.8 Å². The van der Waals surface area contributed by atoms with E-state index in [1.54, 1.807) is 13.8 Å². The van der Waals surface area contributed by atoms with Crippen LogP contribution in [0.15, 0.2) is 0 Å². The third kappa shape index (κ3) is 3.61. The fourth-order valence-corrected chi connectivity index (χ4v) is 1.22. The van der Waals surface area contributed by atoms with Crippen molar-refractivity contribution in [3.05, 3.63) is 0 Å². The summed E-state index contributed by atoms with van der Waals surface area (Å²) in [5.74, 6) is -1.91. The van der Waals surface area contributed by atoms with Crippen LogP contribution in [0.4, 0.5) is 4.79 Å². The second-order valence-corrected chi connectivity index (χ2v) is 4.58. The summed E-state index contributed by atoms with van der Waals surface area (Å²) < 4.78 is 9.55. The van der Waals surface area contributed by atoms with E-state index < -0.39 is 29.9 Å². The second kappa shape index (κ2) is 5.24. The van der Waals surface area contributed by atoms with Gasteiger partial charge in [0.1, 0.15) is 5.54 Å². The zero-order valence-corrected chi connectivity index (χ0v) is 10.6. The lowest BCUT2D eigenvalue weighted by atomic mass is 10.2. The number of nitrogens with one attached hydrogen (secondary N) is 1. The van der Waals surface area contributed by atoms with E-state index in [-0.39, 0.29) is 5.92 Å². The second-order valence-electron chi connectivity index (χ2n) is 4.58. The van der Waals surface area contributed by atoms with Crippen LogP contribution >= 0.6 is 0 Å². The van der Waals surface area contributed by atoms with Gasteiger partial charge in [0.25, 0.3) is 0 Å². The number of esters is 1. The number of carboxylic acids is 1. The van der Waals surface area contributed by atoms with Crippen LogP contribution in [0, 0.1) is 5.92 Å². The molecule has 2 N–H and O–H groups in total. The van der Waals surface area contributed by atoms with Crippen molar-refractivity contribution in [2.75, 3.05) is 0 Å². The molecule has 7 heteroatoms. The summed E-state index contributed by atoms with van der Waals surface area (Å²) in [7, 11) is 0. The molecule has 1 rings (SSSR count). The molecule has 0 heterocycles. The fraction of sp³-hybridized carbons (Fsp3) is 0.727. The Morgan fingerprint density at radius 3 is 2.11 bits per heavy atom. The predicted octanol–water partition coefficient (Wildman–Crippen LogP) is 0.875. The lowest BCUT2D eigenvalue weighted by Gasteiger charge is -2.17. The molecule has 1 amide bonds. The molecule has 0 radical (unpaired) electrons. The number of ether oxygens (including phenoxy) is 2. The summed E-state index contributed by atoms with van der Waals surface area (Å²) in [4.78, 5) is 33.4. The Morgan fingerprint density at radius 2 is 1.72 bits per heavy atom. The summed E-state index contributed by atoms with van der Waals surface area (Å²) in [5, 5.41) is 11.1. The smallest absolute Gasteiger partial charge is 0.411 e. The first-order valence-electron chi connectivity index (χ1n) is 5.69. The van der Waals surface area contributed by atoms with Crippen LogP contribution in [-0.4, -0.2) is 35.0 Å². The zero-order valence-electron chi connectivity index (χ0n) is 10.6. The summed E-state index contributed by atoms with van der Waals surface area (Å²) in [6, 6.07) is 0. The van der Waals surface area contributed by atoms with E-state index in [0.29, 0.717) is 12.8 Å². The molecule has 0 aromatic rings. The number of rotatable bonds is 5. The number of hydrogen-bond donors (Lipinski definition) is 2. The molecule has 1 unspecified atom stereocenters. The van der Waals surface area contributed by atoms with E-state index in [0.717, 1.165) is 0 Å². The van der Waals surface area contributed by atoms with Crippen LogP contribution < -0.4 is 5.32 Å². The Balaban J connectivity index is 2.37. The SMILES string of the molecule is CC(OC(=O)NC1(C(=O)O)CC1)OC(=O)C(C)C. The molecule has 1 aliphatic rings. The third-order valence-corrected chi connectivity index (χ3v) is 2.53. The van der Waals surface area contributed by atoms with Crippen LogP contribution in [0.5, 0.6) is 0 Å². The molecule has 18 heavy (non-hydrogen) atoms. The highest BCUT2D eigenvalue weighted by atomic mass is 16.7. The third-order valence-electron chi connectivity index (χ3n) is 2.53. The van der Waals surface area contributed by atoms with Crippen LogP contribution in [0.1, 0.15) is 33.6 Å². The topological polar surface area (TPSA) is 102 Å². The van der Waals surface area contributed by atoms with E-state index in [1.807, 2.05) is 0 Å². The van der Waals surface area contributed by atoms with Crippen molar-refractivity contribution in [1.29, 1.82) is 0 Å². The molecule has 102 valence electrons. The quantitative estimate of drug-likeness (QED) is 0.561. The minimum Gasteiger partial charge on any atom is -0.480 e. The maximum Gasteiger partial charge on any atom is 0.411 e. The van der Waals surface area contributed by atoms with Crippen molar-refractivity contribution >= 4 is 18.0 Å². The number of carbonyl (C=O) groups excluding carboxylic acids is 2. The summed E-state index contributed by atoms with van der Waals surface area (Å²) in [6.07, 6.45) is -1.21. The summed E-state index contributed by atoms with van der Waals surface area (Å²) in [6.45, 7) is 4.69. The fourth-order valence-electron chi connectivity index (χ4n) is 1.22. The molecule has 1 fully saturated rings. The maximum atomic E-state index is 11.4. The summed E-state index contributed by atoms with van der Waals surface area (Å²) >= 11 is 0. The van der Waals surface area contributed by atoms with Gasteiger partial charge in [0, 0.05) is 6.92 Å². The van der Waals surface area contributed by atoms with E-state index >= 15 is 0 Å². The first-order valence-corrected chi connectivity index (χ1v) is 5.69. The van der Waals surface area contributed by atoms with Crippen molar-refractivity contribution in [2.24, 2.45) is 5.92 Å². The molecular formula is C11H17NO6. The molecule has 1 saturated carbocycles. The van der Waals surface area contributed by atoms with Gasteiger partial charge in [-0.15, -0.1) is 0 Å². The molecule has 0 aromatic carbocycles. The Labute approximate surface area is 104 Å². The van der Waals surface area contributed by atoms with Crippen molar-refractivity contribution in [3.8, 4) is 0 Å². The lowest BCUT2D eigenvalue weighted by molar-refractivity contribution is -0.169. The summed E-state index contributed by atoms with van der Waals surface area (Å²) in [5.41, 5.74) is -1.21. The Bertz CT molecular complexity index is 361. The number of alkyl carbamates (subject to hydrolysis) is 1.